The lowest BCUT2D eigenvalue weighted by atomic mass is 9.95. The Labute approximate surface area is 189 Å². The Morgan fingerprint density at radius 1 is 0.969 bits per heavy atom. The number of carbonyl (C=O) groups excluding carboxylic acids is 1. The third-order valence-corrected chi connectivity index (χ3v) is 7.68. The summed E-state index contributed by atoms with van der Waals surface area (Å²) in [5.41, 5.74) is 2.66. The van der Waals surface area contributed by atoms with Crippen LogP contribution in [0.5, 0.6) is 5.75 Å². The van der Waals surface area contributed by atoms with E-state index in [0.717, 1.165) is 16.8 Å². The van der Waals surface area contributed by atoms with E-state index in [1.165, 1.54) is 23.5 Å². The van der Waals surface area contributed by atoms with Crippen molar-refractivity contribution < 1.29 is 17.9 Å². The second kappa shape index (κ2) is 9.14. The summed E-state index contributed by atoms with van der Waals surface area (Å²) in [5.74, 6) is 0.340. The summed E-state index contributed by atoms with van der Waals surface area (Å²) >= 11 is 0. The lowest BCUT2D eigenvalue weighted by Crippen LogP contribution is -2.53. The first-order valence-electron chi connectivity index (χ1n) is 10.5. The highest BCUT2D eigenvalue weighted by molar-refractivity contribution is 7.89. The number of amides is 1. The van der Waals surface area contributed by atoms with E-state index >= 15 is 0 Å². The summed E-state index contributed by atoms with van der Waals surface area (Å²) in [6.45, 7) is 2.48. The van der Waals surface area contributed by atoms with Crippen LogP contribution in [0.1, 0.15) is 18.1 Å². The monoisotopic (exact) mass is 450 g/mol. The zero-order valence-corrected chi connectivity index (χ0v) is 19.0. The van der Waals surface area contributed by atoms with Gasteiger partial charge in [-0.15, -0.1) is 0 Å². The number of ether oxygens (including phenoxy) is 1. The van der Waals surface area contributed by atoms with Crippen molar-refractivity contribution in [2.45, 2.75) is 30.8 Å². The fraction of sp³-hybridized carbons (Fsp3) is 0.240. The molecule has 0 N–H and O–H groups in total. The second-order valence-corrected chi connectivity index (χ2v) is 9.52. The van der Waals surface area contributed by atoms with Gasteiger partial charge in [-0.1, -0.05) is 42.5 Å². The lowest BCUT2D eigenvalue weighted by molar-refractivity contribution is -0.122. The minimum Gasteiger partial charge on any atom is -0.497 e. The van der Waals surface area contributed by atoms with Crippen LogP contribution in [0.4, 0.5) is 5.69 Å². The number of fused-ring (bicyclic) bond motifs is 1. The van der Waals surface area contributed by atoms with Gasteiger partial charge in [0.05, 0.1) is 12.0 Å². The minimum absolute atomic E-state index is 0.137. The van der Waals surface area contributed by atoms with Crippen molar-refractivity contribution in [2.75, 3.05) is 18.6 Å². The molecule has 0 unspecified atom stereocenters. The van der Waals surface area contributed by atoms with Crippen LogP contribution in [0.25, 0.3) is 0 Å². The van der Waals surface area contributed by atoms with Gasteiger partial charge in [-0.25, -0.2) is 8.42 Å². The molecule has 0 aliphatic carbocycles. The summed E-state index contributed by atoms with van der Waals surface area (Å²) in [6, 6.07) is 22.5. The molecule has 0 fully saturated rings. The van der Waals surface area contributed by atoms with Gasteiger partial charge in [0.25, 0.3) is 0 Å². The number of nitrogens with zero attached hydrogens (tertiary/aromatic N) is 2. The fourth-order valence-electron chi connectivity index (χ4n) is 4.10. The third-order valence-electron chi connectivity index (χ3n) is 5.81. The molecule has 0 saturated carbocycles. The standard InChI is InChI=1S/C25H26N2O4S/c1-3-26(21-11-5-4-6-12-21)25(28)24-17-19-9-7-8-10-20(19)18-27(24)32(29,30)23-15-13-22(31-2)14-16-23/h4-16,24H,3,17-18H2,1-2H3/t24-/m1/s1. The second-order valence-electron chi connectivity index (χ2n) is 7.63. The number of sulfonamides is 1. The van der Waals surface area contributed by atoms with Crippen LogP contribution in [0.15, 0.2) is 83.8 Å². The van der Waals surface area contributed by atoms with Gasteiger partial charge in [-0.05, 0) is 60.9 Å². The molecule has 1 aliphatic heterocycles. The Hall–Kier alpha value is -3.16. The fourth-order valence-corrected chi connectivity index (χ4v) is 5.66. The maximum Gasteiger partial charge on any atom is 0.245 e. The average molecular weight is 451 g/mol. The zero-order chi connectivity index (χ0) is 22.7. The van der Waals surface area contributed by atoms with Gasteiger partial charge in [0.15, 0.2) is 0 Å². The van der Waals surface area contributed by atoms with Crippen LogP contribution in [-0.2, 0) is 27.8 Å². The molecule has 6 nitrogen and oxygen atoms in total. The van der Waals surface area contributed by atoms with E-state index in [9.17, 15) is 13.2 Å². The first-order chi connectivity index (χ1) is 15.5. The summed E-state index contributed by atoms with van der Waals surface area (Å²) in [6.07, 6.45) is 0.327. The van der Waals surface area contributed by atoms with Gasteiger partial charge >= 0.3 is 0 Å². The molecule has 1 atom stereocenters. The van der Waals surface area contributed by atoms with Crippen molar-refractivity contribution in [3.8, 4) is 5.75 Å². The van der Waals surface area contributed by atoms with Gasteiger partial charge in [0.1, 0.15) is 11.8 Å². The maximum absolute atomic E-state index is 13.7. The highest BCUT2D eigenvalue weighted by Gasteiger charge is 2.41. The first kappa shape index (κ1) is 22.0. The molecule has 0 radical (unpaired) electrons. The molecule has 0 spiro atoms. The molecule has 4 rings (SSSR count). The van der Waals surface area contributed by atoms with E-state index in [2.05, 4.69) is 0 Å². The van der Waals surface area contributed by atoms with Crippen molar-refractivity contribution in [2.24, 2.45) is 0 Å². The summed E-state index contributed by atoms with van der Waals surface area (Å²) in [4.78, 5) is 15.5. The van der Waals surface area contributed by atoms with Crippen molar-refractivity contribution in [3.63, 3.8) is 0 Å². The van der Waals surface area contributed by atoms with E-state index in [0.29, 0.717) is 18.7 Å². The number of anilines is 1. The molecule has 0 aromatic heterocycles. The quantitative estimate of drug-likeness (QED) is 0.572. The SMILES string of the molecule is CCN(C(=O)[C@H]1Cc2ccccc2CN1S(=O)(=O)c1ccc(OC)cc1)c1ccccc1. The van der Waals surface area contributed by atoms with Gasteiger partial charge in [0, 0.05) is 18.8 Å². The number of likely N-dealkylation sites (N-methyl/N-ethyl adjacent to an activating group) is 1. The summed E-state index contributed by atoms with van der Waals surface area (Å²) in [7, 11) is -2.39. The number of rotatable bonds is 6. The Morgan fingerprint density at radius 2 is 1.59 bits per heavy atom. The maximum atomic E-state index is 13.7. The third kappa shape index (κ3) is 4.13. The Morgan fingerprint density at radius 3 is 2.22 bits per heavy atom. The summed E-state index contributed by atoms with van der Waals surface area (Å²) in [5, 5.41) is 0. The minimum atomic E-state index is -3.92. The zero-order valence-electron chi connectivity index (χ0n) is 18.1. The molecule has 166 valence electrons. The number of hydrogen-bond donors (Lipinski definition) is 0. The Kier molecular flexibility index (Phi) is 6.30. The molecule has 0 bridgehead atoms. The highest BCUT2D eigenvalue weighted by atomic mass is 32.2. The van der Waals surface area contributed by atoms with Crippen LogP contribution >= 0.6 is 0 Å². The molecular weight excluding hydrogens is 424 g/mol. The van der Waals surface area contributed by atoms with Gasteiger partial charge in [-0.3, -0.25) is 4.79 Å². The Balaban J connectivity index is 1.76. The number of para-hydroxylation sites is 1. The molecular formula is C25H26N2O4S. The first-order valence-corrected chi connectivity index (χ1v) is 12.0. The van der Waals surface area contributed by atoms with Gasteiger partial charge in [-0.2, -0.15) is 4.31 Å². The van der Waals surface area contributed by atoms with Gasteiger partial charge < -0.3 is 9.64 Å². The molecule has 1 heterocycles. The van der Waals surface area contributed by atoms with Crippen molar-refractivity contribution in [1.82, 2.24) is 4.31 Å². The van der Waals surface area contributed by atoms with E-state index in [1.54, 1.807) is 17.0 Å². The normalized spacial score (nSPS) is 16.2. The van der Waals surface area contributed by atoms with Crippen molar-refractivity contribution >= 4 is 21.6 Å². The number of benzene rings is 3. The molecule has 1 aliphatic rings. The van der Waals surface area contributed by atoms with E-state index in [4.69, 9.17) is 4.74 Å². The molecule has 3 aromatic carbocycles. The predicted octanol–water partition coefficient (Wildman–Crippen LogP) is 3.86. The molecule has 0 saturated heterocycles. The lowest BCUT2D eigenvalue weighted by Gasteiger charge is -2.37. The predicted molar refractivity (Wildman–Crippen MR) is 124 cm³/mol. The number of hydrogen-bond acceptors (Lipinski definition) is 4. The topological polar surface area (TPSA) is 66.9 Å². The largest absolute Gasteiger partial charge is 0.497 e. The van der Waals surface area contributed by atoms with Crippen LogP contribution in [0.3, 0.4) is 0 Å². The average Bonchev–Trinajstić information content (AvgIpc) is 2.84. The summed E-state index contributed by atoms with van der Waals surface area (Å²) < 4.78 is 33.8. The van der Waals surface area contributed by atoms with E-state index in [1.807, 2.05) is 61.5 Å². The van der Waals surface area contributed by atoms with E-state index in [-0.39, 0.29) is 17.3 Å². The van der Waals surface area contributed by atoms with Crippen molar-refractivity contribution in [1.29, 1.82) is 0 Å². The highest BCUT2D eigenvalue weighted by Crippen LogP contribution is 2.31. The van der Waals surface area contributed by atoms with Crippen LogP contribution < -0.4 is 9.64 Å². The van der Waals surface area contributed by atoms with Crippen LogP contribution in [0.2, 0.25) is 0 Å². The van der Waals surface area contributed by atoms with Crippen LogP contribution in [0, 0.1) is 0 Å². The molecule has 7 heteroatoms. The van der Waals surface area contributed by atoms with Crippen molar-refractivity contribution in [3.05, 3.63) is 90.0 Å². The molecule has 1 amide bonds. The smallest absolute Gasteiger partial charge is 0.245 e. The number of methoxy groups -OCH3 is 1. The molecule has 32 heavy (non-hydrogen) atoms. The molecule has 3 aromatic rings. The van der Waals surface area contributed by atoms with E-state index < -0.39 is 16.1 Å². The van der Waals surface area contributed by atoms with Gasteiger partial charge in [0.2, 0.25) is 15.9 Å². The Bertz CT molecular complexity index is 1190. The number of carbonyl (C=O) groups is 1. The van der Waals surface area contributed by atoms with Crippen LogP contribution in [-0.4, -0.2) is 38.3 Å².